The van der Waals surface area contributed by atoms with Crippen molar-refractivity contribution in [2.45, 2.75) is 49.4 Å². The Hall–Kier alpha value is -4.24. The zero-order chi connectivity index (χ0) is 41.0. The number of piperidine rings is 2. The number of likely N-dealkylation sites (tertiary alicyclic amines) is 1. The Morgan fingerprint density at radius 2 is 1.07 bits per heavy atom. The lowest BCUT2D eigenvalue weighted by Crippen LogP contribution is -2.28. The van der Waals surface area contributed by atoms with Crippen molar-refractivity contribution in [2.24, 2.45) is 23.7 Å². The molecule has 4 aromatic carbocycles. The number of alkyl halides is 1. The molecule has 2 saturated carbocycles. The second kappa shape index (κ2) is 17.3. The molecule has 10 nitrogen and oxygen atoms in total. The maximum Gasteiger partial charge on any atom is 0.229 e. The highest BCUT2D eigenvalue weighted by Crippen LogP contribution is 2.64. The van der Waals surface area contributed by atoms with Crippen molar-refractivity contribution in [3.05, 3.63) is 130 Å². The molecule has 0 spiro atoms. The predicted octanol–water partition coefficient (Wildman–Crippen LogP) is 6.96. The second-order valence-corrected chi connectivity index (χ2v) is 20.2. The lowest BCUT2D eigenvalue weighted by Gasteiger charge is -2.25. The molecule has 0 aromatic heterocycles. The number of nitrogens with zero attached hydrogens (tertiary/aromatic N) is 3. The SMILES string of the molecule is CC1(c2cccc(NS(C)(=O)=O)c2)C2CN(Cc3ccc(CC#N)cc3)CC21.CC1(c2cccc(NS(C)(=O)=O)c2)C2CNCC21.N#CCc1ccc(CBr)cc1. The smallest absolute Gasteiger partial charge is 0.229 e. The monoisotopic (exact) mass is 870 g/mol. The number of hydrogen-bond acceptors (Lipinski definition) is 8. The van der Waals surface area contributed by atoms with E-state index in [0.717, 1.165) is 49.2 Å². The average molecular weight is 872 g/mol. The lowest BCUT2D eigenvalue weighted by molar-refractivity contribution is 0.270. The number of sulfonamides is 2. The molecule has 0 radical (unpaired) electrons. The highest BCUT2D eigenvalue weighted by molar-refractivity contribution is 9.08. The van der Waals surface area contributed by atoms with Gasteiger partial charge in [-0.2, -0.15) is 10.5 Å². The molecule has 2 aliphatic carbocycles. The van der Waals surface area contributed by atoms with Gasteiger partial charge < -0.3 is 5.32 Å². The van der Waals surface area contributed by atoms with Gasteiger partial charge in [-0.1, -0.05) is 103 Å². The van der Waals surface area contributed by atoms with Crippen LogP contribution in [0.3, 0.4) is 0 Å². The minimum atomic E-state index is -3.26. The van der Waals surface area contributed by atoms with Crippen LogP contribution in [0, 0.1) is 46.3 Å². The van der Waals surface area contributed by atoms with Crippen molar-refractivity contribution in [3.8, 4) is 12.1 Å². The van der Waals surface area contributed by atoms with E-state index in [1.165, 1.54) is 34.8 Å². The van der Waals surface area contributed by atoms with Crippen LogP contribution in [-0.4, -0.2) is 60.4 Å². The summed E-state index contributed by atoms with van der Waals surface area (Å²) >= 11 is 3.36. The summed E-state index contributed by atoms with van der Waals surface area (Å²) in [5.74, 6) is 2.62. The first-order valence-corrected chi connectivity index (χ1v) is 24.0. The molecule has 57 heavy (non-hydrogen) atoms. The number of fused-ring (bicyclic) bond motifs is 2. The van der Waals surface area contributed by atoms with Gasteiger partial charge in [-0.15, -0.1) is 0 Å². The Morgan fingerprint density at radius 1 is 0.667 bits per heavy atom. The van der Waals surface area contributed by atoms with Gasteiger partial charge in [0.25, 0.3) is 0 Å². The quantitative estimate of drug-likeness (QED) is 0.137. The van der Waals surface area contributed by atoms with Crippen molar-refractivity contribution < 1.29 is 16.8 Å². The van der Waals surface area contributed by atoms with E-state index < -0.39 is 20.0 Å². The van der Waals surface area contributed by atoms with Crippen LogP contribution >= 0.6 is 15.9 Å². The molecule has 4 atom stereocenters. The Bertz CT molecular complexity index is 2340. The largest absolute Gasteiger partial charge is 0.316 e. The molecular formula is C44H51BrN6O4S2. The van der Waals surface area contributed by atoms with Crippen LogP contribution in [-0.2, 0) is 55.6 Å². The van der Waals surface area contributed by atoms with Crippen molar-refractivity contribution in [2.75, 3.05) is 48.1 Å². The normalized spacial score (nSPS) is 25.5. The fourth-order valence-corrected chi connectivity index (χ4v) is 10.4. The van der Waals surface area contributed by atoms with E-state index >= 15 is 0 Å². The van der Waals surface area contributed by atoms with Gasteiger partial charge in [0.15, 0.2) is 0 Å². The van der Waals surface area contributed by atoms with E-state index in [1.54, 1.807) is 12.1 Å². The van der Waals surface area contributed by atoms with Crippen molar-refractivity contribution in [1.82, 2.24) is 10.2 Å². The summed E-state index contributed by atoms with van der Waals surface area (Å²) in [6, 6.07) is 36.3. The number of rotatable bonds is 11. The van der Waals surface area contributed by atoms with Crippen molar-refractivity contribution in [3.63, 3.8) is 0 Å². The molecule has 2 saturated heterocycles. The third-order valence-corrected chi connectivity index (χ3v) is 14.1. The molecule has 13 heteroatoms. The molecule has 4 unspecified atom stereocenters. The van der Waals surface area contributed by atoms with E-state index in [2.05, 4.69) is 85.8 Å². The van der Waals surface area contributed by atoms with E-state index in [9.17, 15) is 16.8 Å². The van der Waals surface area contributed by atoms with Crippen LogP contribution in [0.5, 0.6) is 0 Å². The van der Waals surface area contributed by atoms with Crippen LogP contribution in [0.2, 0.25) is 0 Å². The van der Waals surface area contributed by atoms with E-state index in [4.69, 9.17) is 10.5 Å². The van der Waals surface area contributed by atoms with Gasteiger partial charge >= 0.3 is 0 Å². The highest BCUT2D eigenvalue weighted by atomic mass is 79.9. The van der Waals surface area contributed by atoms with E-state index in [0.29, 0.717) is 47.9 Å². The van der Waals surface area contributed by atoms with Gasteiger partial charge in [-0.3, -0.25) is 14.3 Å². The second-order valence-electron chi connectivity index (χ2n) is 16.2. The predicted molar refractivity (Wildman–Crippen MR) is 231 cm³/mol. The Balaban J connectivity index is 0.000000161. The standard InChI is InChI=1S/C22H25N3O2S.C13H18N2O2S.C9H8BrN/c1-22(18-4-3-5-19(12-18)24-28(2,26)27)20-14-25(15-21(20)22)13-17-8-6-16(7-9-17)10-11-23;1-13(11-7-14-8-12(11)13)9-4-3-5-10(6-9)15-18(2,16)17;10-7-9-3-1-8(2-4-9)5-6-11/h3-9,12,20-21,24H,10,13-15H2,1-2H3;3-6,11-12,14-15H,7-8H2,1-2H3;1-4H,5,7H2. The fourth-order valence-electron chi connectivity index (χ4n) is 8.96. The van der Waals surface area contributed by atoms with Crippen molar-refractivity contribution >= 4 is 47.4 Å². The first-order chi connectivity index (χ1) is 27.1. The first-order valence-electron chi connectivity index (χ1n) is 19.1. The molecule has 4 aromatic rings. The molecule has 0 bridgehead atoms. The molecule has 8 rings (SSSR count). The summed E-state index contributed by atoms with van der Waals surface area (Å²) in [6.45, 7) is 9.79. The third kappa shape index (κ3) is 10.3. The molecular weight excluding hydrogens is 821 g/mol. The highest BCUT2D eigenvalue weighted by Gasteiger charge is 2.65. The van der Waals surface area contributed by atoms with Crippen LogP contribution < -0.4 is 14.8 Å². The summed E-state index contributed by atoms with van der Waals surface area (Å²) in [7, 11) is -6.46. The van der Waals surface area contributed by atoms with Crippen LogP contribution in [0.15, 0.2) is 97.1 Å². The Morgan fingerprint density at radius 3 is 1.47 bits per heavy atom. The van der Waals surface area contributed by atoms with E-state index in [-0.39, 0.29) is 10.8 Å². The summed E-state index contributed by atoms with van der Waals surface area (Å²) < 4.78 is 50.7. The number of hydrogen-bond donors (Lipinski definition) is 3. The summed E-state index contributed by atoms with van der Waals surface area (Å²) in [6.07, 6.45) is 3.32. The molecule has 4 aliphatic rings. The zero-order valence-corrected chi connectivity index (χ0v) is 36.1. The summed E-state index contributed by atoms with van der Waals surface area (Å²) in [4.78, 5) is 2.50. The zero-order valence-electron chi connectivity index (χ0n) is 32.9. The summed E-state index contributed by atoms with van der Waals surface area (Å²) in [5.41, 5.74) is 8.78. The van der Waals surface area contributed by atoms with Crippen LogP contribution in [0.1, 0.15) is 47.2 Å². The average Bonchev–Trinajstić information content (AvgIpc) is 3.61. The number of benzene rings is 4. The molecule has 2 aliphatic heterocycles. The fraction of sp³-hybridized carbons (Fsp3) is 0.409. The molecule has 300 valence electrons. The van der Waals surface area contributed by atoms with Crippen LogP contribution in [0.4, 0.5) is 11.4 Å². The maximum atomic E-state index is 11.5. The number of nitriles is 2. The van der Waals surface area contributed by atoms with Gasteiger partial charge in [0, 0.05) is 47.2 Å². The number of nitrogens with one attached hydrogen (secondary N) is 3. The van der Waals surface area contributed by atoms with Gasteiger partial charge in [0.1, 0.15) is 0 Å². The van der Waals surface area contributed by atoms with Gasteiger partial charge in [0.05, 0.1) is 37.5 Å². The molecule has 4 fully saturated rings. The minimum absolute atomic E-state index is 0.127. The molecule has 2 heterocycles. The number of anilines is 2. The Labute approximate surface area is 346 Å². The summed E-state index contributed by atoms with van der Waals surface area (Å²) in [5, 5.41) is 21.4. The Kier molecular flexibility index (Phi) is 12.9. The van der Waals surface area contributed by atoms with Gasteiger partial charge in [-0.25, -0.2) is 16.8 Å². The topological polar surface area (TPSA) is 155 Å². The maximum absolute atomic E-state index is 11.5. The van der Waals surface area contributed by atoms with Gasteiger partial charge in [-0.05, 0) is 94.4 Å². The van der Waals surface area contributed by atoms with Crippen molar-refractivity contribution in [1.29, 1.82) is 10.5 Å². The van der Waals surface area contributed by atoms with Gasteiger partial charge in [0.2, 0.25) is 20.0 Å². The third-order valence-electron chi connectivity index (χ3n) is 12.2. The van der Waals surface area contributed by atoms with Crippen LogP contribution in [0.25, 0.3) is 0 Å². The first kappa shape index (κ1) is 42.4. The molecule has 3 N–H and O–H groups in total. The number of halogens is 1. The minimum Gasteiger partial charge on any atom is -0.316 e. The van der Waals surface area contributed by atoms with E-state index in [1.807, 2.05) is 60.7 Å². The molecule has 0 amide bonds. The lowest BCUT2D eigenvalue weighted by atomic mass is 9.92.